The number of carbonyl (C=O) groups excluding carboxylic acids is 2. The highest BCUT2D eigenvalue weighted by atomic mass is 16.3. The van der Waals surface area contributed by atoms with Gasteiger partial charge in [0.05, 0.1) is 12.5 Å². The average molecular weight is 322 g/mol. The van der Waals surface area contributed by atoms with Gasteiger partial charge in [-0.15, -0.1) is 0 Å². The summed E-state index contributed by atoms with van der Waals surface area (Å²) in [7, 11) is 0. The first-order valence-corrected chi connectivity index (χ1v) is 7.97. The molecular weight excluding hydrogens is 304 g/mol. The Hall–Kier alpha value is -2.50. The number of ketones is 1. The van der Waals surface area contributed by atoms with E-state index in [1.165, 1.54) is 11.9 Å². The van der Waals surface area contributed by atoms with Crippen molar-refractivity contribution in [2.24, 2.45) is 0 Å². The van der Waals surface area contributed by atoms with Crippen LogP contribution in [-0.2, 0) is 15.1 Å². The topological polar surface area (TPSA) is 60.9 Å². The smallest absolute Gasteiger partial charge is 0.236 e. The lowest BCUT2D eigenvalue weighted by Gasteiger charge is -2.49. The number of nitrogens with zero attached hydrogens (tertiary/aromatic N) is 2. The second kappa shape index (κ2) is 5.26. The Kier molecular flexibility index (Phi) is 3.30. The molecule has 5 heteroatoms. The first kappa shape index (κ1) is 15.1. The summed E-state index contributed by atoms with van der Waals surface area (Å²) in [6.07, 6.45) is -1.07. The second-order valence-electron chi connectivity index (χ2n) is 6.28. The summed E-state index contributed by atoms with van der Waals surface area (Å²) < 4.78 is 0. The van der Waals surface area contributed by atoms with E-state index in [1.54, 1.807) is 5.01 Å². The summed E-state index contributed by atoms with van der Waals surface area (Å²) in [5.41, 5.74) is 0.627. The van der Waals surface area contributed by atoms with Gasteiger partial charge in [-0.2, -0.15) is 5.01 Å². The molecule has 2 heterocycles. The third kappa shape index (κ3) is 1.76. The predicted molar refractivity (Wildman–Crippen MR) is 87.5 cm³/mol. The number of aliphatic hydroxyl groups is 1. The molecule has 24 heavy (non-hydrogen) atoms. The molecule has 0 unspecified atom stereocenters. The van der Waals surface area contributed by atoms with Gasteiger partial charge in [-0.25, -0.2) is 5.01 Å². The Bertz CT molecular complexity index is 793. The number of hydrazine groups is 1. The molecule has 3 atom stereocenters. The Labute approximate surface area is 140 Å². The zero-order valence-electron chi connectivity index (χ0n) is 13.3. The molecule has 0 aromatic heterocycles. The highest BCUT2D eigenvalue weighted by Crippen LogP contribution is 2.56. The molecule has 1 amide bonds. The van der Waals surface area contributed by atoms with Gasteiger partial charge in [-0.3, -0.25) is 9.59 Å². The maximum Gasteiger partial charge on any atom is 0.236 e. The van der Waals surface area contributed by atoms with E-state index in [9.17, 15) is 14.7 Å². The van der Waals surface area contributed by atoms with E-state index < -0.39 is 17.7 Å². The average Bonchev–Trinajstić information content (AvgIpc) is 2.81. The van der Waals surface area contributed by atoms with Crippen LogP contribution in [0.3, 0.4) is 0 Å². The molecule has 5 nitrogen and oxygen atoms in total. The van der Waals surface area contributed by atoms with Gasteiger partial charge in [0.2, 0.25) is 5.91 Å². The van der Waals surface area contributed by atoms with Crippen LogP contribution in [-0.4, -0.2) is 39.6 Å². The number of hydrogen-bond acceptors (Lipinski definition) is 4. The molecule has 2 saturated heterocycles. The molecule has 2 aromatic rings. The van der Waals surface area contributed by atoms with Crippen molar-refractivity contribution in [3.05, 3.63) is 71.8 Å². The van der Waals surface area contributed by atoms with E-state index in [-0.39, 0.29) is 18.2 Å². The van der Waals surface area contributed by atoms with E-state index in [4.69, 9.17) is 0 Å². The Morgan fingerprint density at radius 3 is 2.21 bits per heavy atom. The number of aliphatic hydroxyl groups excluding tert-OH is 1. The van der Waals surface area contributed by atoms with Crippen LogP contribution in [0.15, 0.2) is 60.7 Å². The number of benzene rings is 2. The Balaban J connectivity index is 1.95. The van der Waals surface area contributed by atoms with Crippen LogP contribution in [0.2, 0.25) is 0 Å². The quantitative estimate of drug-likeness (QED) is 0.913. The number of Topliss-reactive ketones (excluding diaryl/α,β-unsaturated/α-hetero) is 1. The summed E-state index contributed by atoms with van der Waals surface area (Å²) in [5, 5.41) is 14.0. The minimum Gasteiger partial charge on any atom is -0.371 e. The number of carbonyl (C=O) groups is 2. The van der Waals surface area contributed by atoms with Crippen LogP contribution < -0.4 is 0 Å². The molecule has 122 valence electrons. The van der Waals surface area contributed by atoms with Crippen LogP contribution in [0.25, 0.3) is 0 Å². The summed E-state index contributed by atoms with van der Waals surface area (Å²) >= 11 is 0. The highest BCUT2D eigenvalue weighted by Gasteiger charge is 2.70. The number of hydrogen-bond donors (Lipinski definition) is 1. The van der Waals surface area contributed by atoms with Crippen LogP contribution in [0, 0.1) is 0 Å². The fraction of sp³-hybridized carbons (Fsp3) is 0.263. The van der Waals surface area contributed by atoms with Crippen molar-refractivity contribution in [1.29, 1.82) is 0 Å². The molecule has 1 N–H and O–H groups in total. The molecule has 2 aliphatic rings. The van der Waals surface area contributed by atoms with Crippen LogP contribution in [0.5, 0.6) is 0 Å². The van der Waals surface area contributed by atoms with Crippen molar-refractivity contribution in [2.45, 2.75) is 24.6 Å². The third-order valence-electron chi connectivity index (χ3n) is 5.08. The monoisotopic (exact) mass is 322 g/mol. The zero-order valence-corrected chi connectivity index (χ0v) is 13.3. The minimum atomic E-state index is -1.07. The van der Waals surface area contributed by atoms with Gasteiger partial charge in [0, 0.05) is 6.92 Å². The fourth-order valence-electron chi connectivity index (χ4n) is 4.13. The molecule has 4 rings (SSSR count). The molecule has 0 radical (unpaired) electrons. The maximum atomic E-state index is 12.8. The first-order valence-electron chi connectivity index (χ1n) is 7.97. The molecule has 2 aliphatic heterocycles. The zero-order chi connectivity index (χ0) is 16.9. The molecular formula is C19H18N2O3. The van der Waals surface area contributed by atoms with E-state index in [0.29, 0.717) is 0 Å². The molecule has 2 aromatic carbocycles. The fourth-order valence-corrected chi connectivity index (χ4v) is 4.13. The maximum absolute atomic E-state index is 12.8. The van der Waals surface area contributed by atoms with Crippen molar-refractivity contribution in [3.63, 3.8) is 0 Å². The van der Waals surface area contributed by atoms with Crippen molar-refractivity contribution in [2.75, 3.05) is 6.54 Å². The van der Waals surface area contributed by atoms with Crippen molar-refractivity contribution < 1.29 is 14.7 Å². The summed E-state index contributed by atoms with van der Waals surface area (Å²) in [6, 6.07) is 18.8. The lowest BCUT2D eigenvalue weighted by Crippen LogP contribution is -2.67. The third-order valence-corrected chi connectivity index (χ3v) is 5.08. The van der Waals surface area contributed by atoms with Crippen LogP contribution >= 0.6 is 0 Å². The second-order valence-corrected chi connectivity index (χ2v) is 6.28. The van der Waals surface area contributed by atoms with E-state index >= 15 is 0 Å². The molecule has 0 spiro atoms. The van der Waals surface area contributed by atoms with Crippen LogP contribution in [0.1, 0.15) is 24.0 Å². The van der Waals surface area contributed by atoms with Gasteiger partial charge >= 0.3 is 0 Å². The normalized spacial score (nSPS) is 29.2. The number of rotatable bonds is 2. The SMILES string of the molecule is CC(=O)N1[C@@H](O)[C@@H](c2ccccc2)[C@@]2(c3ccccc3)C(=O)CN12. The lowest BCUT2D eigenvalue weighted by molar-refractivity contribution is -0.185. The van der Waals surface area contributed by atoms with E-state index in [0.717, 1.165) is 11.1 Å². The summed E-state index contributed by atoms with van der Waals surface area (Å²) in [5.74, 6) is -0.773. The largest absolute Gasteiger partial charge is 0.371 e. The predicted octanol–water partition coefficient (Wildman–Crippen LogP) is 1.65. The summed E-state index contributed by atoms with van der Waals surface area (Å²) in [4.78, 5) is 25.0. The van der Waals surface area contributed by atoms with Gasteiger partial charge < -0.3 is 5.11 Å². The lowest BCUT2D eigenvalue weighted by atomic mass is 9.68. The molecule has 0 saturated carbocycles. The highest BCUT2D eigenvalue weighted by molar-refractivity contribution is 5.99. The number of fused-ring (bicyclic) bond motifs is 1. The van der Waals surface area contributed by atoms with Crippen molar-refractivity contribution >= 4 is 11.7 Å². The van der Waals surface area contributed by atoms with E-state index in [2.05, 4.69) is 0 Å². The standard InChI is InChI=1S/C19H18N2O3/c1-13(22)21-18(24)17(14-8-4-2-5-9-14)19(16(23)12-20(19)21)15-10-6-3-7-11-15/h2-11,17-18,24H,12H2,1H3/t17-,18+,19-/m1/s1. The van der Waals surface area contributed by atoms with Gasteiger partial charge in [-0.1, -0.05) is 60.7 Å². The van der Waals surface area contributed by atoms with Gasteiger partial charge in [0.15, 0.2) is 12.0 Å². The number of amides is 1. The Morgan fingerprint density at radius 1 is 1.08 bits per heavy atom. The van der Waals surface area contributed by atoms with Gasteiger partial charge in [0.25, 0.3) is 0 Å². The molecule has 2 fully saturated rings. The first-order chi connectivity index (χ1) is 11.6. The van der Waals surface area contributed by atoms with E-state index in [1.807, 2.05) is 60.7 Å². The minimum absolute atomic E-state index is 0.0188. The molecule has 0 aliphatic carbocycles. The Morgan fingerprint density at radius 2 is 1.67 bits per heavy atom. The summed E-state index contributed by atoms with van der Waals surface area (Å²) in [6.45, 7) is 1.55. The van der Waals surface area contributed by atoms with Crippen LogP contribution in [0.4, 0.5) is 0 Å². The van der Waals surface area contributed by atoms with Crippen molar-refractivity contribution in [1.82, 2.24) is 10.0 Å². The van der Waals surface area contributed by atoms with Crippen molar-refractivity contribution in [3.8, 4) is 0 Å². The van der Waals surface area contributed by atoms with Gasteiger partial charge in [-0.05, 0) is 11.1 Å². The van der Waals surface area contributed by atoms with Gasteiger partial charge in [0.1, 0.15) is 5.54 Å². The molecule has 0 bridgehead atoms.